The molecule has 5 N–H and O–H groups in total. The first-order valence-electron chi connectivity index (χ1n) is 3.53. The van der Waals surface area contributed by atoms with Crippen LogP contribution in [0.4, 0.5) is 0 Å². The lowest BCUT2D eigenvalue weighted by Crippen LogP contribution is -2.30. The fourth-order valence-corrected chi connectivity index (χ4v) is 0.617. The smallest absolute Gasteiger partial charge is 0.248 e. The molecule has 70 valence electrons. The number of nitrogens with two attached hydrogens (primary N) is 2. The van der Waals surface area contributed by atoms with E-state index in [0.29, 0.717) is 13.0 Å². The molecule has 0 saturated heterocycles. The molecule has 0 aromatic rings. The molecule has 0 saturated carbocycles. The zero-order chi connectivity index (χ0) is 9.40. The average Bonchev–Trinajstić information content (AvgIpc) is 1.98. The number of hydrogen-bond donors (Lipinski definition) is 3. The quantitative estimate of drug-likeness (QED) is 0.329. The molecule has 0 aliphatic carbocycles. The second-order valence-electron chi connectivity index (χ2n) is 2.23. The molecule has 0 atom stereocenters. The van der Waals surface area contributed by atoms with Gasteiger partial charge in [0.2, 0.25) is 11.8 Å². The van der Waals surface area contributed by atoms with Crippen LogP contribution in [-0.4, -0.2) is 25.0 Å². The van der Waals surface area contributed by atoms with Crippen LogP contribution in [0.1, 0.15) is 12.8 Å². The van der Waals surface area contributed by atoms with Gasteiger partial charge >= 0.3 is 0 Å². The number of hydrogen-bond acceptors (Lipinski definition) is 4. The van der Waals surface area contributed by atoms with Crippen molar-refractivity contribution >= 4 is 11.8 Å². The molecule has 0 fully saturated rings. The highest BCUT2D eigenvalue weighted by molar-refractivity contribution is 5.77. The fraction of sp³-hybridized carbons (Fsp3) is 0.667. The number of amides is 2. The topological polar surface area (TPSA) is 107 Å². The molecule has 2 amide bonds. The molecule has 0 rings (SSSR count). The van der Waals surface area contributed by atoms with E-state index in [2.05, 4.69) is 16.1 Å². The summed E-state index contributed by atoms with van der Waals surface area (Å²) < 4.78 is 0. The van der Waals surface area contributed by atoms with Gasteiger partial charge in [-0.25, -0.2) is 5.90 Å². The van der Waals surface area contributed by atoms with Crippen molar-refractivity contribution in [2.24, 2.45) is 11.6 Å². The van der Waals surface area contributed by atoms with E-state index in [1.807, 2.05) is 0 Å². The van der Waals surface area contributed by atoms with Crippen molar-refractivity contribution in [1.82, 2.24) is 5.32 Å². The summed E-state index contributed by atoms with van der Waals surface area (Å²) in [5.74, 6) is 3.97. The van der Waals surface area contributed by atoms with Crippen molar-refractivity contribution < 1.29 is 14.4 Å². The van der Waals surface area contributed by atoms with Crippen molar-refractivity contribution in [3.8, 4) is 0 Å². The third kappa shape index (κ3) is 6.97. The highest BCUT2D eigenvalue weighted by Gasteiger charge is 1.99. The van der Waals surface area contributed by atoms with Crippen molar-refractivity contribution in [2.45, 2.75) is 12.8 Å². The summed E-state index contributed by atoms with van der Waals surface area (Å²) in [5, 5.41) is 2.49. The molecule has 0 unspecified atom stereocenters. The van der Waals surface area contributed by atoms with Crippen molar-refractivity contribution in [1.29, 1.82) is 0 Å². The normalized spacial score (nSPS) is 9.42. The first-order valence-corrected chi connectivity index (χ1v) is 3.53. The Morgan fingerprint density at radius 2 is 2.08 bits per heavy atom. The standard InChI is InChI=1S/C6H13N3O3/c7-5(10)2-1-3-9-6(11)4-12-8/h1-4,8H2,(H2,7,10)(H,9,11). The van der Waals surface area contributed by atoms with Gasteiger partial charge in [-0.15, -0.1) is 0 Å². The zero-order valence-corrected chi connectivity index (χ0v) is 6.71. The second-order valence-corrected chi connectivity index (χ2v) is 2.23. The molecule has 0 aliphatic rings. The Kier molecular flexibility index (Phi) is 5.94. The second kappa shape index (κ2) is 6.56. The van der Waals surface area contributed by atoms with E-state index in [4.69, 9.17) is 5.73 Å². The molecule has 0 aromatic carbocycles. The van der Waals surface area contributed by atoms with Gasteiger partial charge in [0.1, 0.15) is 6.61 Å². The van der Waals surface area contributed by atoms with Crippen molar-refractivity contribution in [2.75, 3.05) is 13.2 Å². The van der Waals surface area contributed by atoms with E-state index < -0.39 is 0 Å². The van der Waals surface area contributed by atoms with Crippen LogP contribution in [0, 0.1) is 0 Å². The van der Waals surface area contributed by atoms with Gasteiger partial charge in [0.15, 0.2) is 0 Å². The minimum atomic E-state index is -0.376. The monoisotopic (exact) mass is 175 g/mol. The Bertz CT molecular complexity index is 160. The van der Waals surface area contributed by atoms with E-state index >= 15 is 0 Å². The van der Waals surface area contributed by atoms with Gasteiger partial charge < -0.3 is 11.1 Å². The zero-order valence-electron chi connectivity index (χ0n) is 6.71. The lowest BCUT2D eigenvalue weighted by molar-refractivity contribution is -0.126. The summed E-state index contributed by atoms with van der Waals surface area (Å²) >= 11 is 0. The number of carbonyl (C=O) groups is 2. The summed E-state index contributed by atoms with van der Waals surface area (Å²) in [6, 6.07) is 0. The minimum absolute atomic E-state index is 0.170. The number of nitrogens with one attached hydrogen (secondary N) is 1. The van der Waals surface area contributed by atoms with Gasteiger partial charge in [0.25, 0.3) is 0 Å². The molecule has 6 nitrogen and oxygen atoms in total. The SMILES string of the molecule is NOCC(=O)NCCCC(N)=O. The maximum atomic E-state index is 10.7. The van der Waals surface area contributed by atoms with Crippen molar-refractivity contribution in [3.05, 3.63) is 0 Å². The van der Waals surface area contributed by atoms with Gasteiger partial charge in [-0.1, -0.05) is 0 Å². The van der Waals surface area contributed by atoms with E-state index in [1.54, 1.807) is 0 Å². The summed E-state index contributed by atoms with van der Waals surface area (Å²) in [5.41, 5.74) is 4.87. The van der Waals surface area contributed by atoms with E-state index in [-0.39, 0.29) is 24.8 Å². The van der Waals surface area contributed by atoms with Gasteiger partial charge in [0.05, 0.1) is 0 Å². The largest absolute Gasteiger partial charge is 0.370 e. The summed E-state index contributed by atoms with van der Waals surface area (Å²) in [6.45, 7) is 0.238. The molecule has 0 bridgehead atoms. The molecule has 0 heterocycles. The molecular formula is C6H13N3O3. The summed E-state index contributed by atoms with van der Waals surface area (Å²) in [6.07, 6.45) is 0.801. The Labute approximate surface area is 70.2 Å². The molecule has 0 aliphatic heterocycles. The average molecular weight is 175 g/mol. The maximum Gasteiger partial charge on any atom is 0.248 e. The van der Waals surface area contributed by atoms with Crippen LogP contribution < -0.4 is 16.9 Å². The Hall–Kier alpha value is -1.14. The first kappa shape index (κ1) is 10.9. The summed E-state index contributed by atoms with van der Waals surface area (Å²) in [7, 11) is 0. The predicted molar refractivity (Wildman–Crippen MR) is 41.6 cm³/mol. The molecular weight excluding hydrogens is 162 g/mol. The lowest BCUT2D eigenvalue weighted by atomic mass is 10.3. The van der Waals surface area contributed by atoms with Crippen LogP contribution in [0.3, 0.4) is 0 Å². The summed E-state index contributed by atoms with van der Waals surface area (Å²) in [4.78, 5) is 25.0. The molecule has 6 heteroatoms. The van der Waals surface area contributed by atoms with Gasteiger partial charge in [-0.3, -0.25) is 14.4 Å². The third-order valence-corrected chi connectivity index (χ3v) is 1.14. The Balaban J connectivity index is 3.19. The number of carbonyl (C=O) groups excluding carboxylic acids is 2. The maximum absolute atomic E-state index is 10.7. The Morgan fingerprint density at radius 3 is 2.58 bits per heavy atom. The molecule has 0 aromatic heterocycles. The van der Waals surface area contributed by atoms with E-state index in [9.17, 15) is 9.59 Å². The first-order chi connectivity index (χ1) is 5.66. The minimum Gasteiger partial charge on any atom is -0.370 e. The fourth-order valence-electron chi connectivity index (χ4n) is 0.617. The van der Waals surface area contributed by atoms with Gasteiger partial charge in [0, 0.05) is 13.0 Å². The van der Waals surface area contributed by atoms with Crippen LogP contribution in [-0.2, 0) is 14.4 Å². The highest BCUT2D eigenvalue weighted by atomic mass is 16.6. The van der Waals surface area contributed by atoms with Crippen molar-refractivity contribution in [3.63, 3.8) is 0 Å². The van der Waals surface area contributed by atoms with Crippen LogP contribution >= 0.6 is 0 Å². The van der Waals surface area contributed by atoms with Crippen LogP contribution in [0.2, 0.25) is 0 Å². The number of rotatable bonds is 6. The molecule has 12 heavy (non-hydrogen) atoms. The van der Waals surface area contributed by atoms with Gasteiger partial charge in [-0.05, 0) is 6.42 Å². The van der Waals surface area contributed by atoms with Crippen LogP contribution in [0.25, 0.3) is 0 Å². The third-order valence-electron chi connectivity index (χ3n) is 1.14. The van der Waals surface area contributed by atoms with E-state index in [1.165, 1.54) is 0 Å². The number of primary amides is 1. The van der Waals surface area contributed by atoms with Crippen LogP contribution in [0.15, 0.2) is 0 Å². The lowest BCUT2D eigenvalue weighted by Gasteiger charge is -2.01. The highest BCUT2D eigenvalue weighted by Crippen LogP contribution is 1.83. The van der Waals surface area contributed by atoms with Crippen LogP contribution in [0.5, 0.6) is 0 Å². The predicted octanol–water partition coefficient (Wildman–Crippen LogP) is -1.74. The molecule has 0 spiro atoms. The molecule has 0 radical (unpaired) electrons. The van der Waals surface area contributed by atoms with Gasteiger partial charge in [-0.2, -0.15) is 0 Å². The van der Waals surface area contributed by atoms with E-state index in [0.717, 1.165) is 0 Å². The Morgan fingerprint density at radius 1 is 1.42 bits per heavy atom.